The van der Waals surface area contributed by atoms with Crippen LogP contribution in [0.2, 0.25) is 0 Å². The smallest absolute Gasteiger partial charge is 0.132 e. The van der Waals surface area contributed by atoms with Crippen LogP contribution in [-0.4, -0.2) is 18.4 Å². The molecule has 1 rings (SSSR count). The summed E-state index contributed by atoms with van der Waals surface area (Å²) in [6, 6.07) is 0. The molecule has 1 aromatic rings. The lowest BCUT2D eigenvalue weighted by Crippen LogP contribution is -1.92. The van der Waals surface area contributed by atoms with Gasteiger partial charge in [0, 0.05) is 13.3 Å². The van der Waals surface area contributed by atoms with Gasteiger partial charge in [-0.05, 0) is 5.92 Å². The molecular formula is C8H12N2O. The number of hydrogen-bond acceptors (Lipinski definition) is 3. The van der Waals surface area contributed by atoms with Gasteiger partial charge in [0.2, 0.25) is 0 Å². The molecule has 60 valence electrons. The summed E-state index contributed by atoms with van der Waals surface area (Å²) in [5, 5.41) is 3.87. The maximum absolute atomic E-state index is 4.82. The summed E-state index contributed by atoms with van der Waals surface area (Å²) in [5.41, 5.74) is 1.94. The van der Waals surface area contributed by atoms with Crippen LogP contribution in [0.4, 0.5) is 0 Å². The summed E-state index contributed by atoms with van der Waals surface area (Å²) >= 11 is 0. The van der Waals surface area contributed by atoms with E-state index in [4.69, 9.17) is 4.52 Å². The van der Waals surface area contributed by atoms with E-state index in [1.165, 1.54) is 0 Å². The topological polar surface area (TPSA) is 38.4 Å². The molecule has 3 heteroatoms. The second-order valence-electron chi connectivity index (χ2n) is 2.70. The second-order valence-corrected chi connectivity index (χ2v) is 2.70. The van der Waals surface area contributed by atoms with Gasteiger partial charge in [0.15, 0.2) is 0 Å². The van der Waals surface area contributed by atoms with Crippen molar-refractivity contribution in [2.45, 2.75) is 19.8 Å². The summed E-state index contributed by atoms with van der Waals surface area (Å²) < 4.78 is 4.82. The number of aliphatic imine (C=N–C) groups is 1. The first-order valence-corrected chi connectivity index (χ1v) is 3.62. The van der Waals surface area contributed by atoms with Crippen molar-refractivity contribution in [3.8, 4) is 0 Å². The highest BCUT2D eigenvalue weighted by Gasteiger charge is 2.08. The van der Waals surface area contributed by atoms with Crippen LogP contribution in [0.3, 0.4) is 0 Å². The molecule has 3 nitrogen and oxygen atoms in total. The molecule has 0 amide bonds. The van der Waals surface area contributed by atoms with Crippen LogP contribution in [-0.2, 0) is 0 Å². The fourth-order valence-electron chi connectivity index (χ4n) is 0.927. The van der Waals surface area contributed by atoms with Gasteiger partial charge in [-0.3, -0.25) is 4.99 Å². The molecule has 0 unspecified atom stereocenters. The molecule has 11 heavy (non-hydrogen) atoms. The van der Waals surface area contributed by atoms with Gasteiger partial charge in [-0.2, -0.15) is 0 Å². The highest BCUT2D eigenvalue weighted by molar-refractivity contribution is 5.80. The minimum absolute atomic E-state index is 0.391. The fraction of sp³-hybridized carbons (Fsp3) is 0.500. The summed E-state index contributed by atoms with van der Waals surface area (Å²) in [6.45, 7) is 4.15. The fourth-order valence-corrected chi connectivity index (χ4v) is 0.927. The third-order valence-corrected chi connectivity index (χ3v) is 1.44. The zero-order chi connectivity index (χ0) is 8.27. The minimum atomic E-state index is 0.391. The molecule has 0 N–H and O–H groups in total. The molecule has 0 atom stereocenters. The second kappa shape index (κ2) is 3.32. The number of hydrogen-bond donors (Lipinski definition) is 0. The lowest BCUT2D eigenvalue weighted by molar-refractivity contribution is 0.408. The zero-order valence-electron chi connectivity index (χ0n) is 7.03. The molecular weight excluding hydrogens is 140 g/mol. The predicted molar refractivity (Wildman–Crippen MR) is 44.1 cm³/mol. The van der Waals surface area contributed by atoms with E-state index in [0.717, 1.165) is 11.3 Å². The van der Waals surface area contributed by atoms with Crippen LogP contribution in [0.15, 0.2) is 15.8 Å². The summed E-state index contributed by atoms with van der Waals surface area (Å²) in [6.07, 6.45) is 3.37. The Bertz CT molecular complexity index is 250. The molecule has 0 radical (unpaired) electrons. The molecule has 0 aromatic carbocycles. The molecule has 1 heterocycles. The van der Waals surface area contributed by atoms with Crippen LogP contribution in [0.25, 0.3) is 0 Å². The van der Waals surface area contributed by atoms with Gasteiger partial charge in [-0.1, -0.05) is 19.0 Å². The molecule has 0 saturated carbocycles. The van der Waals surface area contributed by atoms with E-state index >= 15 is 0 Å². The van der Waals surface area contributed by atoms with Crippen molar-refractivity contribution in [2.24, 2.45) is 4.99 Å². The Balaban J connectivity index is 2.96. The maximum Gasteiger partial charge on any atom is 0.132 e. The SMILES string of the molecule is C/N=C/c1conc1C(C)C. The molecule has 1 aromatic heterocycles. The predicted octanol–water partition coefficient (Wildman–Crippen LogP) is 1.85. The van der Waals surface area contributed by atoms with Crippen LogP contribution < -0.4 is 0 Å². The Morgan fingerprint density at radius 3 is 2.91 bits per heavy atom. The Hall–Kier alpha value is -1.12. The van der Waals surface area contributed by atoms with Gasteiger partial charge in [0.05, 0.1) is 11.3 Å². The highest BCUT2D eigenvalue weighted by Crippen LogP contribution is 2.15. The molecule has 0 aliphatic carbocycles. The van der Waals surface area contributed by atoms with Gasteiger partial charge in [0.1, 0.15) is 6.26 Å². The summed E-state index contributed by atoms with van der Waals surface area (Å²) in [7, 11) is 1.73. The van der Waals surface area contributed by atoms with Crippen molar-refractivity contribution in [3.05, 3.63) is 17.5 Å². The first-order chi connectivity index (χ1) is 5.25. The Labute approximate surface area is 66.1 Å². The van der Waals surface area contributed by atoms with Crippen molar-refractivity contribution in [2.75, 3.05) is 7.05 Å². The van der Waals surface area contributed by atoms with Crippen LogP contribution in [0, 0.1) is 0 Å². The van der Waals surface area contributed by atoms with E-state index in [0.29, 0.717) is 5.92 Å². The van der Waals surface area contributed by atoms with Gasteiger partial charge in [-0.15, -0.1) is 0 Å². The van der Waals surface area contributed by atoms with Crippen LogP contribution >= 0.6 is 0 Å². The first kappa shape index (κ1) is 7.98. The molecule has 0 saturated heterocycles. The monoisotopic (exact) mass is 152 g/mol. The van der Waals surface area contributed by atoms with Crippen molar-refractivity contribution < 1.29 is 4.52 Å². The number of nitrogens with zero attached hydrogens (tertiary/aromatic N) is 2. The molecule has 0 fully saturated rings. The van der Waals surface area contributed by atoms with Gasteiger partial charge >= 0.3 is 0 Å². The third-order valence-electron chi connectivity index (χ3n) is 1.44. The van der Waals surface area contributed by atoms with E-state index in [1.54, 1.807) is 19.5 Å². The normalized spacial score (nSPS) is 11.6. The first-order valence-electron chi connectivity index (χ1n) is 3.62. The zero-order valence-corrected chi connectivity index (χ0v) is 7.03. The third kappa shape index (κ3) is 1.67. The van der Waals surface area contributed by atoms with E-state index in [-0.39, 0.29) is 0 Å². The lowest BCUT2D eigenvalue weighted by Gasteiger charge is -1.97. The number of aromatic nitrogens is 1. The van der Waals surface area contributed by atoms with E-state index < -0.39 is 0 Å². The van der Waals surface area contributed by atoms with E-state index in [9.17, 15) is 0 Å². The Kier molecular flexibility index (Phi) is 2.41. The number of rotatable bonds is 2. The average molecular weight is 152 g/mol. The Morgan fingerprint density at radius 1 is 1.64 bits per heavy atom. The van der Waals surface area contributed by atoms with Crippen molar-refractivity contribution in [1.29, 1.82) is 0 Å². The van der Waals surface area contributed by atoms with Gasteiger partial charge < -0.3 is 4.52 Å². The lowest BCUT2D eigenvalue weighted by atomic mass is 10.1. The van der Waals surface area contributed by atoms with Crippen LogP contribution in [0.1, 0.15) is 31.0 Å². The van der Waals surface area contributed by atoms with Crippen molar-refractivity contribution in [3.63, 3.8) is 0 Å². The van der Waals surface area contributed by atoms with E-state index in [1.807, 2.05) is 0 Å². The maximum atomic E-state index is 4.82. The standard InChI is InChI=1S/C8H12N2O/c1-6(2)8-7(4-9-3)5-11-10-8/h4-6H,1-3H3/b9-4+. The largest absolute Gasteiger partial charge is 0.364 e. The summed E-state index contributed by atoms with van der Waals surface area (Å²) in [5.74, 6) is 0.391. The molecule has 0 spiro atoms. The van der Waals surface area contributed by atoms with Crippen molar-refractivity contribution in [1.82, 2.24) is 5.16 Å². The van der Waals surface area contributed by atoms with Crippen molar-refractivity contribution >= 4 is 6.21 Å². The molecule has 0 aliphatic heterocycles. The molecule has 0 bridgehead atoms. The highest BCUT2D eigenvalue weighted by atomic mass is 16.5. The van der Waals surface area contributed by atoms with Crippen LogP contribution in [0.5, 0.6) is 0 Å². The summed E-state index contributed by atoms with van der Waals surface area (Å²) in [4.78, 5) is 3.90. The average Bonchev–Trinajstić information content (AvgIpc) is 2.36. The quantitative estimate of drug-likeness (QED) is 0.606. The van der Waals surface area contributed by atoms with Gasteiger partial charge in [-0.25, -0.2) is 0 Å². The molecule has 0 aliphatic rings. The van der Waals surface area contributed by atoms with Gasteiger partial charge in [0.25, 0.3) is 0 Å². The minimum Gasteiger partial charge on any atom is -0.364 e. The Morgan fingerprint density at radius 2 is 2.36 bits per heavy atom. The van der Waals surface area contributed by atoms with E-state index in [2.05, 4.69) is 24.0 Å².